The number of ether oxygens (including phenoxy) is 1. The number of nitrogens with one attached hydrogen (secondary N) is 3. The molecular weight excluding hydrogens is 346 g/mol. The van der Waals surface area contributed by atoms with Gasteiger partial charge >= 0.3 is 0 Å². The van der Waals surface area contributed by atoms with Gasteiger partial charge < -0.3 is 10.1 Å². The van der Waals surface area contributed by atoms with E-state index in [1.807, 2.05) is 64.1 Å². The van der Waals surface area contributed by atoms with Crippen LogP contribution in [0.15, 0.2) is 36.4 Å². The van der Waals surface area contributed by atoms with E-state index >= 15 is 0 Å². The quantitative estimate of drug-likeness (QED) is 0.565. The summed E-state index contributed by atoms with van der Waals surface area (Å²) in [6.07, 6.45) is -0.660. The summed E-state index contributed by atoms with van der Waals surface area (Å²) in [6, 6.07) is 11.7. The molecule has 0 saturated heterocycles. The number of benzene rings is 2. The second kappa shape index (κ2) is 8.67. The van der Waals surface area contributed by atoms with Gasteiger partial charge in [0.1, 0.15) is 5.75 Å². The number of rotatable bonds is 4. The highest BCUT2D eigenvalue weighted by Gasteiger charge is 2.16. The van der Waals surface area contributed by atoms with E-state index in [0.717, 1.165) is 22.4 Å². The lowest BCUT2D eigenvalue weighted by Gasteiger charge is -2.18. The maximum Gasteiger partial charge on any atom is 0.279 e. The number of hydrogen-bond acceptors (Lipinski definition) is 3. The lowest BCUT2D eigenvalue weighted by molar-refractivity contribution is -0.127. The molecule has 0 radical (unpaired) electrons. The molecule has 26 heavy (non-hydrogen) atoms. The molecule has 2 aromatic carbocycles. The van der Waals surface area contributed by atoms with Crippen LogP contribution < -0.4 is 20.9 Å². The van der Waals surface area contributed by atoms with Gasteiger partial charge in [-0.1, -0.05) is 18.2 Å². The van der Waals surface area contributed by atoms with Crippen molar-refractivity contribution in [2.45, 2.75) is 40.7 Å². The van der Waals surface area contributed by atoms with Gasteiger partial charge in [0.25, 0.3) is 5.91 Å². The van der Waals surface area contributed by atoms with Crippen LogP contribution in [0.2, 0.25) is 0 Å². The predicted molar refractivity (Wildman–Crippen MR) is 109 cm³/mol. The minimum atomic E-state index is -0.660. The molecule has 3 N–H and O–H groups in total. The molecule has 0 heterocycles. The SMILES string of the molecule is Cc1ccc(NC(=S)NNC(=O)[C@@H](C)Oc2cccc(C)c2C)cc1C. The van der Waals surface area contributed by atoms with Crippen molar-refractivity contribution in [2.24, 2.45) is 0 Å². The van der Waals surface area contributed by atoms with Crippen molar-refractivity contribution in [3.8, 4) is 5.75 Å². The summed E-state index contributed by atoms with van der Waals surface area (Å²) in [6.45, 7) is 9.75. The molecule has 1 amide bonds. The Balaban J connectivity index is 1.85. The van der Waals surface area contributed by atoms with E-state index < -0.39 is 6.10 Å². The third-order valence-electron chi connectivity index (χ3n) is 4.29. The van der Waals surface area contributed by atoms with Gasteiger partial charge in [0.15, 0.2) is 11.2 Å². The van der Waals surface area contributed by atoms with E-state index in [9.17, 15) is 4.79 Å². The first-order chi connectivity index (χ1) is 12.3. The molecule has 0 saturated carbocycles. The van der Waals surface area contributed by atoms with Gasteiger partial charge in [-0.2, -0.15) is 0 Å². The number of carbonyl (C=O) groups excluding carboxylic acids is 1. The Morgan fingerprint density at radius 2 is 1.73 bits per heavy atom. The maximum atomic E-state index is 12.2. The molecule has 2 aromatic rings. The van der Waals surface area contributed by atoms with E-state index in [1.165, 1.54) is 5.56 Å². The molecule has 0 fully saturated rings. The molecule has 0 unspecified atom stereocenters. The average Bonchev–Trinajstić information content (AvgIpc) is 2.60. The van der Waals surface area contributed by atoms with Crippen molar-refractivity contribution in [3.05, 3.63) is 58.7 Å². The summed E-state index contributed by atoms with van der Waals surface area (Å²) in [5.41, 5.74) is 10.6. The van der Waals surface area contributed by atoms with E-state index in [2.05, 4.69) is 16.2 Å². The van der Waals surface area contributed by atoms with Crippen LogP contribution in [0.25, 0.3) is 0 Å². The molecule has 0 aliphatic carbocycles. The van der Waals surface area contributed by atoms with Gasteiger partial charge in [0.05, 0.1) is 0 Å². The third kappa shape index (κ3) is 5.20. The van der Waals surface area contributed by atoms with Crippen LogP contribution in [0.5, 0.6) is 5.75 Å². The summed E-state index contributed by atoms with van der Waals surface area (Å²) in [5.74, 6) is 0.388. The van der Waals surface area contributed by atoms with E-state index in [4.69, 9.17) is 17.0 Å². The molecule has 2 rings (SSSR count). The van der Waals surface area contributed by atoms with Crippen molar-refractivity contribution in [3.63, 3.8) is 0 Å². The minimum Gasteiger partial charge on any atom is -0.481 e. The van der Waals surface area contributed by atoms with Crippen molar-refractivity contribution in [2.75, 3.05) is 5.32 Å². The number of anilines is 1. The van der Waals surface area contributed by atoms with E-state index in [1.54, 1.807) is 6.92 Å². The highest BCUT2D eigenvalue weighted by atomic mass is 32.1. The molecule has 6 heteroatoms. The molecule has 0 aliphatic rings. The van der Waals surface area contributed by atoms with Gasteiger partial charge in [-0.15, -0.1) is 0 Å². The first-order valence-corrected chi connectivity index (χ1v) is 8.85. The van der Waals surface area contributed by atoms with Crippen LogP contribution in [0, 0.1) is 27.7 Å². The van der Waals surface area contributed by atoms with Crippen LogP contribution >= 0.6 is 12.2 Å². The molecule has 0 aliphatic heterocycles. The number of carbonyl (C=O) groups is 1. The van der Waals surface area contributed by atoms with E-state index in [0.29, 0.717) is 10.9 Å². The Labute approximate surface area is 160 Å². The summed E-state index contributed by atoms with van der Waals surface area (Å²) in [4.78, 5) is 12.2. The van der Waals surface area contributed by atoms with Crippen LogP contribution in [-0.4, -0.2) is 17.1 Å². The lowest BCUT2D eigenvalue weighted by Crippen LogP contribution is -2.48. The predicted octanol–water partition coefficient (Wildman–Crippen LogP) is 3.71. The molecule has 138 valence electrons. The van der Waals surface area contributed by atoms with Gasteiger partial charge in [0, 0.05) is 5.69 Å². The van der Waals surface area contributed by atoms with Gasteiger partial charge in [-0.05, 0) is 87.3 Å². The fourth-order valence-corrected chi connectivity index (χ4v) is 2.47. The second-order valence-corrected chi connectivity index (χ2v) is 6.73. The fraction of sp³-hybridized carbons (Fsp3) is 0.300. The number of hydrogen-bond donors (Lipinski definition) is 3. The number of thiocarbonyl (C=S) groups is 1. The van der Waals surface area contributed by atoms with Crippen molar-refractivity contribution < 1.29 is 9.53 Å². The monoisotopic (exact) mass is 371 g/mol. The lowest BCUT2D eigenvalue weighted by atomic mass is 10.1. The molecule has 5 nitrogen and oxygen atoms in total. The zero-order valence-corrected chi connectivity index (χ0v) is 16.6. The summed E-state index contributed by atoms with van der Waals surface area (Å²) in [7, 11) is 0. The maximum absolute atomic E-state index is 12.2. The van der Waals surface area contributed by atoms with Gasteiger partial charge in [0.2, 0.25) is 0 Å². The summed E-state index contributed by atoms with van der Waals surface area (Å²) in [5, 5.41) is 3.34. The highest BCUT2D eigenvalue weighted by Crippen LogP contribution is 2.21. The second-order valence-electron chi connectivity index (χ2n) is 6.33. The standard InChI is InChI=1S/C20H25N3O2S/c1-12-9-10-17(11-14(12)3)21-20(26)23-22-19(24)16(5)25-18-8-6-7-13(2)15(18)4/h6-11,16H,1-5H3,(H,22,24)(H2,21,23,26)/t16-/m1/s1. The summed E-state index contributed by atoms with van der Waals surface area (Å²) >= 11 is 5.21. The van der Waals surface area contributed by atoms with Crippen molar-refractivity contribution >= 4 is 28.9 Å². The van der Waals surface area contributed by atoms with Crippen LogP contribution in [0.3, 0.4) is 0 Å². The smallest absolute Gasteiger partial charge is 0.279 e. The zero-order valence-electron chi connectivity index (χ0n) is 15.8. The molecule has 0 bridgehead atoms. The van der Waals surface area contributed by atoms with Gasteiger partial charge in [-0.3, -0.25) is 15.6 Å². The largest absolute Gasteiger partial charge is 0.481 e. The Morgan fingerprint density at radius 1 is 1.00 bits per heavy atom. The first kappa shape index (κ1) is 19.7. The van der Waals surface area contributed by atoms with E-state index in [-0.39, 0.29) is 5.91 Å². The Hall–Kier alpha value is -2.60. The normalized spacial score (nSPS) is 11.4. The zero-order chi connectivity index (χ0) is 19.3. The van der Waals surface area contributed by atoms with Crippen LogP contribution in [0.1, 0.15) is 29.2 Å². The topological polar surface area (TPSA) is 62.4 Å². The fourth-order valence-electron chi connectivity index (χ4n) is 2.30. The Morgan fingerprint density at radius 3 is 2.42 bits per heavy atom. The number of hydrazine groups is 1. The Bertz CT molecular complexity index is 821. The van der Waals surface area contributed by atoms with Gasteiger partial charge in [-0.25, -0.2) is 0 Å². The molecular formula is C20H25N3O2S. The Kier molecular flexibility index (Phi) is 6.58. The molecule has 0 aromatic heterocycles. The van der Waals surface area contributed by atoms with Crippen LogP contribution in [-0.2, 0) is 4.79 Å². The number of amides is 1. The first-order valence-electron chi connectivity index (χ1n) is 8.45. The summed E-state index contributed by atoms with van der Waals surface area (Å²) < 4.78 is 5.75. The molecule has 1 atom stereocenters. The highest BCUT2D eigenvalue weighted by molar-refractivity contribution is 7.80. The van der Waals surface area contributed by atoms with Crippen molar-refractivity contribution in [1.29, 1.82) is 0 Å². The van der Waals surface area contributed by atoms with Crippen LogP contribution in [0.4, 0.5) is 5.69 Å². The average molecular weight is 372 g/mol. The van der Waals surface area contributed by atoms with Crippen molar-refractivity contribution in [1.82, 2.24) is 10.9 Å². The molecule has 0 spiro atoms. The third-order valence-corrected chi connectivity index (χ3v) is 4.50. The number of aryl methyl sites for hydroxylation is 3. The minimum absolute atomic E-state index is 0.306.